The molecular weight excluding hydrogens is 388 g/mol. The lowest BCUT2D eigenvalue weighted by molar-refractivity contribution is -0.189. The number of methoxy groups -OCH3 is 1. The molecule has 1 aliphatic heterocycles. The number of aliphatic hydroxyl groups excluding tert-OH is 1. The molecule has 1 heterocycles. The molecule has 1 saturated heterocycles. The maximum Gasteiger partial charge on any atom is 0.407 e. The molecule has 1 atom stereocenters. The molecule has 1 amide bonds. The largest absolute Gasteiger partial charge is 0.497 e. The summed E-state index contributed by atoms with van der Waals surface area (Å²) in [6.07, 6.45) is -0.314. The van der Waals surface area contributed by atoms with Crippen molar-refractivity contribution in [1.82, 2.24) is 10.6 Å². The van der Waals surface area contributed by atoms with Gasteiger partial charge in [0.15, 0.2) is 6.29 Å². The molecule has 0 bridgehead atoms. The number of hydrogen-bond donors (Lipinski definition) is 3. The summed E-state index contributed by atoms with van der Waals surface area (Å²) in [7, 11) is 3.25. The highest BCUT2D eigenvalue weighted by molar-refractivity contribution is 5.87. The number of carbonyl (C=O) groups excluding carboxylic acids is 1. The molecule has 3 N–H and O–H groups in total. The van der Waals surface area contributed by atoms with Crippen LogP contribution >= 0.6 is 0 Å². The van der Waals surface area contributed by atoms with Gasteiger partial charge in [0.25, 0.3) is 0 Å². The van der Waals surface area contributed by atoms with Crippen LogP contribution in [0.25, 0.3) is 10.8 Å². The van der Waals surface area contributed by atoms with Crippen molar-refractivity contribution in [3.63, 3.8) is 0 Å². The van der Waals surface area contributed by atoms with Gasteiger partial charge in [-0.3, -0.25) is 5.32 Å². The summed E-state index contributed by atoms with van der Waals surface area (Å²) in [5.74, 6) is 1.01. The number of carbonyl (C=O) groups is 1. The first kappa shape index (κ1) is 22.3. The fourth-order valence-corrected chi connectivity index (χ4v) is 3.41. The fraction of sp³-hybridized carbons (Fsp3) is 0.500. The standard InChI is InChI=1S/C22H30N2O6/c1-23-20(25)14-30-22(26)24-10-4-7-21-28-12-16(13-29-21)18-6-3-5-15-11-17(27-2)8-9-19(15)18/h3,5-6,8-9,11,16,20-21,23,25H,4,7,10,12-14H2,1-2H3,(H,24,26). The highest BCUT2D eigenvalue weighted by Crippen LogP contribution is 2.31. The average molecular weight is 418 g/mol. The van der Waals surface area contributed by atoms with Crippen molar-refractivity contribution < 1.29 is 28.8 Å². The maximum absolute atomic E-state index is 11.5. The number of aliphatic hydroxyl groups is 1. The third-order valence-electron chi connectivity index (χ3n) is 5.12. The van der Waals surface area contributed by atoms with Gasteiger partial charge in [-0.1, -0.05) is 24.3 Å². The molecule has 164 valence electrons. The molecule has 2 aromatic carbocycles. The monoisotopic (exact) mass is 418 g/mol. The first-order chi connectivity index (χ1) is 14.6. The van der Waals surface area contributed by atoms with Crippen LogP contribution in [-0.2, 0) is 14.2 Å². The molecule has 3 rings (SSSR count). The molecule has 8 nitrogen and oxygen atoms in total. The Hall–Kier alpha value is -2.39. The Bertz CT molecular complexity index is 822. The number of benzene rings is 2. The zero-order chi connectivity index (χ0) is 21.3. The summed E-state index contributed by atoms with van der Waals surface area (Å²) in [4.78, 5) is 11.5. The first-order valence-corrected chi connectivity index (χ1v) is 10.2. The predicted molar refractivity (Wildman–Crippen MR) is 113 cm³/mol. The van der Waals surface area contributed by atoms with Crippen LogP contribution in [0.2, 0.25) is 0 Å². The second kappa shape index (κ2) is 11.1. The zero-order valence-corrected chi connectivity index (χ0v) is 17.4. The van der Waals surface area contributed by atoms with E-state index < -0.39 is 12.3 Å². The molecule has 1 aliphatic rings. The Morgan fingerprint density at radius 1 is 1.27 bits per heavy atom. The van der Waals surface area contributed by atoms with Crippen molar-refractivity contribution >= 4 is 16.9 Å². The third kappa shape index (κ3) is 6.06. The van der Waals surface area contributed by atoms with E-state index in [1.807, 2.05) is 18.2 Å². The number of alkyl carbamates (subject to hydrolysis) is 1. The highest BCUT2D eigenvalue weighted by atomic mass is 16.7. The molecule has 0 spiro atoms. The van der Waals surface area contributed by atoms with Gasteiger partial charge in [-0.2, -0.15) is 0 Å². The third-order valence-corrected chi connectivity index (χ3v) is 5.12. The number of ether oxygens (including phenoxy) is 4. The summed E-state index contributed by atoms with van der Waals surface area (Å²) in [6, 6.07) is 12.3. The van der Waals surface area contributed by atoms with Crippen molar-refractivity contribution in [3.05, 3.63) is 42.0 Å². The van der Waals surface area contributed by atoms with Gasteiger partial charge >= 0.3 is 6.09 Å². The van der Waals surface area contributed by atoms with Crippen LogP contribution in [0.3, 0.4) is 0 Å². The average Bonchev–Trinajstić information content (AvgIpc) is 2.79. The van der Waals surface area contributed by atoms with E-state index in [9.17, 15) is 9.90 Å². The number of rotatable bonds is 9. The summed E-state index contributed by atoms with van der Waals surface area (Å²) in [6.45, 7) is 1.53. The van der Waals surface area contributed by atoms with Crippen LogP contribution < -0.4 is 15.4 Å². The Kier molecular flexibility index (Phi) is 8.27. The number of hydrogen-bond acceptors (Lipinski definition) is 7. The molecule has 0 aliphatic carbocycles. The van der Waals surface area contributed by atoms with Gasteiger partial charge in [-0.05, 0) is 41.9 Å². The van der Waals surface area contributed by atoms with E-state index in [1.165, 1.54) is 10.9 Å². The van der Waals surface area contributed by atoms with Crippen LogP contribution in [0, 0.1) is 0 Å². The second-order valence-corrected chi connectivity index (χ2v) is 7.20. The van der Waals surface area contributed by atoms with E-state index in [0.29, 0.717) is 32.6 Å². The van der Waals surface area contributed by atoms with Crippen molar-refractivity contribution in [2.24, 2.45) is 0 Å². The van der Waals surface area contributed by atoms with Gasteiger partial charge in [0.2, 0.25) is 0 Å². The number of nitrogens with one attached hydrogen (secondary N) is 2. The van der Waals surface area contributed by atoms with E-state index in [2.05, 4.69) is 28.8 Å². The zero-order valence-electron chi connectivity index (χ0n) is 17.4. The number of amides is 1. The SMILES string of the molecule is CNC(O)COC(=O)NCCCC1OCC(c2cccc3cc(OC)ccc23)CO1. The Labute approximate surface area is 176 Å². The van der Waals surface area contributed by atoms with Gasteiger partial charge in [0.1, 0.15) is 18.6 Å². The molecule has 30 heavy (non-hydrogen) atoms. The van der Waals surface area contributed by atoms with Crippen LogP contribution in [0.4, 0.5) is 4.79 Å². The van der Waals surface area contributed by atoms with Gasteiger partial charge in [0.05, 0.1) is 20.3 Å². The molecule has 1 fully saturated rings. The van der Waals surface area contributed by atoms with Crippen molar-refractivity contribution in [2.45, 2.75) is 31.3 Å². The topological polar surface area (TPSA) is 98.3 Å². The van der Waals surface area contributed by atoms with Gasteiger partial charge in [0, 0.05) is 18.9 Å². The molecule has 0 aromatic heterocycles. The summed E-state index contributed by atoms with van der Waals surface area (Å²) in [5.41, 5.74) is 1.21. The van der Waals surface area contributed by atoms with E-state index in [-0.39, 0.29) is 18.8 Å². The summed E-state index contributed by atoms with van der Waals surface area (Å²) in [5, 5.41) is 16.8. The van der Waals surface area contributed by atoms with E-state index in [4.69, 9.17) is 18.9 Å². The van der Waals surface area contributed by atoms with Crippen molar-refractivity contribution in [3.8, 4) is 5.75 Å². The molecular formula is C22H30N2O6. The normalized spacial score (nSPS) is 20.0. The molecule has 1 unspecified atom stereocenters. The van der Waals surface area contributed by atoms with Gasteiger partial charge in [-0.25, -0.2) is 4.79 Å². The van der Waals surface area contributed by atoms with Crippen LogP contribution in [0.5, 0.6) is 5.75 Å². The van der Waals surface area contributed by atoms with Crippen molar-refractivity contribution in [1.29, 1.82) is 0 Å². The smallest absolute Gasteiger partial charge is 0.407 e. The highest BCUT2D eigenvalue weighted by Gasteiger charge is 2.24. The quantitative estimate of drug-likeness (QED) is 0.425. The lowest BCUT2D eigenvalue weighted by Gasteiger charge is -2.30. The Morgan fingerprint density at radius 2 is 2.07 bits per heavy atom. The fourth-order valence-electron chi connectivity index (χ4n) is 3.41. The second-order valence-electron chi connectivity index (χ2n) is 7.20. The van der Waals surface area contributed by atoms with Crippen LogP contribution in [-0.4, -0.2) is 64.2 Å². The molecule has 0 radical (unpaired) electrons. The maximum atomic E-state index is 11.5. The van der Waals surface area contributed by atoms with E-state index in [1.54, 1.807) is 14.2 Å². The van der Waals surface area contributed by atoms with Crippen LogP contribution in [0.1, 0.15) is 24.3 Å². The molecule has 2 aromatic rings. The van der Waals surface area contributed by atoms with E-state index >= 15 is 0 Å². The molecule has 8 heteroatoms. The minimum Gasteiger partial charge on any atom is -0.497 e. The first-order valence-electron chi connectivity index (χ1n) is 10.2. The van der Waals surface area contributed by atoms with Crippen LogP contribution in [0.15, 0.2) is 36.4 Å². The predicted octanol–water partition coefficient (Wildman–Crippen LogP) is 2.35. The van der Waals surface area contributed by atoms with E-state index in [0.717, 1.165) is 11.1 Å². The Balaban J connectivity index is 1.41. The lowest BCUT2D eigenvalue weighted by atomic mass is 9.94. The van der Waals surface area contributed by atoms with Gasteiger partial charge in [-0.15, -0.1) is 0 Å². The van der Waals surface area contributed by atoms with Gasteiger partial charge < -0.3 is 29.4 Å². The molecule has 0 saturated carbocycles. The summed E-state index contributed by atoms with van der Waals surface area (Å²) < 4.78 is 22.0. The number of fused-ring (bicyclic) bond motifs is 1. The minimum absolute atomic E-state index is 0.0977. The Morgan fingerprint density at radius 3 is 2.80 bits per heavy atom. The summed E-state index contributed by atoms with van der Waals surface area (Å²) >= 11 is 0. The minimum atomic E-state index is -0.864. The van der Waals surface area contributed by atoms with Crippen molar-refractivity contribution in [2.75, 3.05) is 40.5 Å². The lowest BCUT2D eigenvalue weighted by Crippen LogP contribution is -2.35. The number of likely N-dealkylation sites (N-methyl/N-ethyl adjacent to an activating group) is 1.